The summed E-state index contributed by atoms with van der Waals surface area (Å²) in [6.07, 6.45) is 0.295. The van der Waals surface area contributed by atoms with Crippen LogP contribution in [0.25, 0.3) is 10.8 Å². The van der Waals surface area contributed by atoms with E-state index in [-0.39, 0.29) is 12.5 Å². The quantitative estimate of drug-likeness (QED) is 0.718. The third-order valence-electron chi connectivity index (χ3n) is 4.05. The van der Waals surface area contributed by atoms with E-state index in [9.17, 15) is 9.90 Å². The third-order valence-corrected chi connectivity index (χ3v) is 4.05. The van der Waals surface area contributed by atoms with E-state index in [1.165, 1.54) is 0 Å². The average Bonchev–Trinajstić information content (AvgIpc) is 2.63. The van der Waals surface area contributed by atoms with E-state index in [4.69, 9.17) is 4.74 Å². The molecule has 0 heterocycles. The number of ether oxygens (including phenoxy) is 1. The standard InChI is InChI=1S/C21H21NO3/c1-2-25-20-11-10-18(12-17(20)14-23)22-21(24)13-16-8-5-7-15-6-3-4-9-19(15)16/h3-12,23H,2,13-14H2,1H3,(H,22,24). The lowest BCUT2D eigenvalue weighted by molar-refractivity contribution is -0.115. The van der Waals surface area contributed by atoms with Crippen LogP contribution in [0.4, 0.5) is 5.69 Å². The van der Waals surface area contributed by atoms with Crippen molar-refractivity contribution >= 4 is 22.4 Å². The second-order valence-corrected chi connectivity index (χ2v) is 5.78. The number of nitrogens with one attached hydrogen (secondary N) is 1. The number of fused-ring (bicyclic) bond motifs is 1. The van der Waals surface area contributed by atoms with Gasteiger partial charge in [-0.15, -0.1) is 0 Å². The first-order valence-electron chi connectivity index (χ1n) is 8.34. The number of amides is 1. The zero-order valence-corrected chi connectivity index (χ0v) is 14.2. The van der Waals surface area contributed by atoms with Crippen LogP contribution in [0.2, 0.25) is 0 Å². The highest BCUT2D eigenvalue weighted by Crippen LogP contribution is 2.24. The van der Waals surface area contributed by atoms with E-state index in [0.29, 0.717) is 30.0 Å². The van der Waals surface area contributed by atoms with Crippen LogP contribution in [0, 0.1) is 0 Å². The molecule has 0 aliphatic carbocycles. The number of hydrogen-bond acceptors (Lipinski definition) is 3. The van der Waals surface area contributed by atoms with Gasteiger partial charge in [0.05, 0.1) is 19.6 Å². The molecule has 0 aliphatic heterocycles. The molecule has 25 heavy (non-hydrogen) atoms. The van der Waals surface area contributed by atoms with Crippen molar-refractivity contribution in [2.75, 3.05) is 11.9 Å². The summed E-state index contributed by atoms with van der Waals surface area (Å²) in [5, 5.41) is 14.6. The maximum atomic E-state index is 12.4. The van der Waals surface area contributed by atoms with Crippen LogP contribution in [-0.2, 0) is 17.8 Å². The minimum absolute atomic E-state index is 0.0931. The van der Waals surface area contributed by atoms with Gasteiger partial charge >= 0.3 is 0 Å². The van der Waals surface area contributed by atoms with Gasteiger partial charge in [0.15, 0.2) is 0 Å². The Kier molecular flexibility index (Phi) is 5.31. The van der Waals surface area contributed by atoms with Crippen LogP contribution < -0.4 is 10.1 Å². The molecule has 0 fully saturated rings. The molecule has 0 spiro atoms. The predicted octanol–water partition coefficient (Wildman–Crippen LogP) is 3.91. The lowest BCUT2D eigenvalue weighted by atomic mass is 10.0. The number of aliphatic hydroxyl groups excluding tert-OH is 1. The van der Waals surface area contributed by atoms with Crippen LogP contribution in [0.5, 0.6) is 5.75 Å². The Hall–Kier alpha value is -2.85. The molecule has 3 aromatic carbocycles. The number of rotatable bonds is 6. The normalized spacial score (nSPS) is 10.6. The third kappa shape index (κ3) is 3.98. The van der Waals surface area contributed by atoms with Crippen LogP contribution in [-0.4, -0.2) is 17.6 Å². The number of hydrogen-bond donors (Lipinski definition) is 2. The number of anilines is 1. The SMILES string of the molecule is CCOc1ccc(NC(=O)Cc2cccc3ccccc23)cc1CO. The van der Waals surface area contributed by atoms with Crippen molar-refractivity contribution in [1.82, 2.24) is 0 Å². The monoisotopic (exact) mass is 335 g/mol. The van der Waals surface area contributed by atoms with Crippen molar-refractivity contribution < 1.29 is 14.6 Å². The summed E-state index contributed by atoms with van der Waals surface area (Å²) >= 11 is 0. The smallest absolute Gasteiger partial charge is 0.228 e. The summed E-state index contributed by atoms with van der Waals surface area (Å²) in [6, 6.07) is 19.3. The van der Waals surface area contributed by atoms with E-state index in [1.807, 2.05) is 49.4 Å². The van der Waals surface area contributed by atoms with Crippen LogP contribution in [0.3, 0.4) is 0 Å². The maximum absolute atomic E-state index is 12.4. The summed E-state index contributed by atoms with van der Waals surface area (Å²) in [5.74, 6) is 0.543. The minimum Gasteiger partial charge on any atom is -0.494 e. The fraction of sp³-hybridized carbons (Fsp3) is 0.190. The van der Waals surface area contributed by atoms with Crippen molar-refractivity contribution in [3.8, 4) is 5.75 Å². The van der Waals surface area contributed by atoms with Crippen molar-refractivity contribution in [3.63, 3.8) is 0 Å². The van der Waals surface area contributed by atoms with Gasteiger partial charge in [-0.2, -0.15) is 0 Å². The van der Waals surface area contributed by atoms with E-state index in [2.05, 4.69) is 5.32 Å². The highest BCUT2D eigenvalue weighted by molar-refractivity contribution is 5.96. The molecule has 0 bridgehead atoms. The van der Waals surface area contributed by atoms with Gasteiger partial charge in [-0.1, -0.05) is 42.5 Å². The van der Waals surface area contributed by atoms with Gasteiger partial charge in [0.2, 0.25) is 5.91 Å². The Balaban J connectivity index is 1.76. The molecule has 128 valence electrons. The molecule has 3 aromatic rings. The minimum atomic E-state index is -0.137. The molecular weight excluding hydrogens is 314 g/mol. The molecule has 0 saturated heterocycles. The first-order chi connectivity index (χ1) is 12.2. The fourth-order valence-electron chi connectivity index (χ4n) is 2.90. The fourth-order valence-corrected chi connectivity index (χ4v) is 2.90. The van der Waals surface area contributed by atoms with Gasteiger partial charge < -0.3 is 15.2 Å². The summed E-state index contributed by atoms with van der Waals surface area (Å²) in [5.41, 5.74) is 2.30. The van der Waals surface area contributed by atoms with Gasteiger partial charge in [-0.05, 0) is 41.5 Å². The molecule has 2 N–H and O–H groups in total. The maximum Gasteiger partial charge on any atom is 0.228 e. The summed E-state index contributed by atoms with van der Waals surface area (Å²) in [4.78, 5) is 12.4. The highest BCUT2D eigenvalue weighted by Gasteiger charge is 2.09. The second-order valence-electron chi connectivity index (χ2n) is 5.78. The van der Waals surface area contributed by atoms with Crippen molar-refractivity contribution in [2.45, 2.75) is 20.0 Å². The topological polar surface area (TPSA) is 58.6 Å². The molecular formula is C21H21NO3. The lowest BCUT2D eigenvalue weighted by Gasteiger charge is -2.12. The molecule has 0 saturated carbocycles. The second kappa shape index (κ2) is 7.81. The van der Waals surface area contributed by atoms with E-state index in [0.717, 1.165) is 16.3 Å². The Morgan fingerprint density at radius 1 is 1.04 bits per heavy atom. The number of benzene rings is 3. The summed E-state index contributed by atoms with van der Waals surface area (Å²) in [6.45, 7) is 2.28. The Morgan fingerprint density at radius 2 is 1.84 bits per heavy atom. The molecule has 0 radical (unpaired) electrons. The molecule has 0 aliphatic rings. The van der Waals surface area contributed by atoms with Gasteiger partial charge in [-0.25, -0.2) is 0 Å². The van der Waals surface area contributed by atoms with Gasteiger partial charge in [-0.3, -0.25) is 4.79 Å². The Bertz CT molecular complexity index is 884. The summed E-state index contributed by atoms with van der Waals surface area (Å²) in [7, 11) is 0. The van der Waals surface area contributed by atoms with Crippen molar-refractivity contribution in [2.24, 2.45) is 0 Å². The lowest BCUT2D eigenvalue weighted by Crippen LogP contribution is -2.15. The molecule has 3 rings (SSSR count). The van der Waals surface area contributed by atoms with Gasteiger partial charge in [0.25, 0.3) is 0 Å². The zero-order valence-electron chi connectivity index (χ0n) is 14.2. The van der Waals surface area contributed by atoms with Crippen LogP contribution in [0.15, 0.2) is 60.7 Å². The van der Waals surface area contributed by atoms with E-state index >= 15 is 0 Å². The van der Waals surface area contributed by atoms with Gasteiger partial charge in [0.1, 0.15) is 5.75 Å². The van der Waals surface area contributed by atoms with Crippen LogP contribution in [0.1, 0.15) is 18.1 Å². The Morgan fingerprint density at radius 3 is 2.64 bits per heavy atom. The highest BCUT2D eigenvalue weighted by atomic mass is 16.5. The molecule has 4 nitrogen and oxygen atoms in total. The van der Waals surface area contributed by atoms with Crippen LogP contribution >= 0.6 is 0 Å². The molecule has 0 atom stereocenters. The predicted molar refractivity (Wildman–Crippen MR) is 99.8 cm³/mol. The van der Waals surface area contributed by atoms with E-state index < -0.39 is 0 Å². The summed E-state index contributed by atoms with van der Waals surface area (Å²) < 4.78 is 5.46. The van der Waals surface area contributed by atoms with E-state index in [1.54, 1.807) is 18.2 Å². The molecule has 1 amide bonds. The average molecular weight is 335 g/mol. The first-order valence-corrected chi connectivity index (χ1v) is 8.34. The number of carbonyl (C=O) groups is 1. The van der Waals surface area contributed by atoms with Crippen molar-refractivity contribution in [1.29, 1.82) is 0 Å². The number of carbonyl (C=O) groups excluding carboxylic acids is 1. The molecule has 4 heteroatoms. The van der Waals surface area contributed by atoms with Gasteiger partial charge in [0, 0.05) is 11.3 Å². The molecule has 0 unspecified atom stereocenters. The Labute approximate surface area is 147 Å². The zero-order chi connectivity index (χ0) is 17.6. The molecule has 0 aromatic heterocycles. The largest absolute Gasteiger partial charge is 0.494 e. The van der Waals surface area contributed by atoms with Crippen molar-refractivity contribution in [3.05, 3.63) is 71.8 Å². The first kappa shape index (κ1) is 17.0. The number of aliphatic hydroxyl groups is 1.